The first kappa shape index (κ1) is 16.4. The Kier molecular flexibility index (Phi) is 5.18. The summed E-state index contributed by atoms with van der Waals surface area (Å²) in [6.45, 7) is 8.84. The van der Waals surface area contributed by atoms with Gasteiger partial charge < -0.3 is 10.2 Å². The van der Waals surface area contributed by atoms with Gasteiger partial charge in [0.05, 0.1) is 0 Å². The highest BCUT2D eigenvalue weighted by atomic mass is 32.2. The lowest BCUT2D eigenvalue weighted by molar-refractivity contribution is -0.127. The lowest BCUT2D eigenvalue weighted by Gasteiger charge is -2.28. The molecular formula is C18H30N2OS. The van der Waals surface area contributed by atoms with Crippen molar-refractivity contribution in [3.8, 4) is 0 Å². The zero-order valence-corrected chi connectivity index (χ0v) is 14.9. The summed E-state index contributed by atoms with van der Waals surface area (Å²) >= 11 is 1.92. The van der Waals surface area contributed by atoms with Crippen LogP contribution in [0.4, 0.5) is 0 Å². The third-order valence-corrected chi connectivity index (χ3v) is 6.94. The second-order valence-corrected chi connectivity index (χ2v) is 9.03. The van der Waals surface area contributed by atoms with Gasteiger partial charge in [0.15, 0.2) is 0 Å². The van der Waals surface area contributed by atoms with Crippen LogP contribution < -0.4 is 5.32 Å². The van der Waals surface area contributed by atoms with Gasteiger partial charge in [0, 0.05) is 23.9 Å². The van der Waals surface area contributed by atoms with Crippen molar-refractivity contribution in [1.82, 2.24) is 10.2 Å². The van der Waals surface area contributed by atoms with E-state index in [0.717, 1.165) is 56.9 Å². The summed E-state index contributed by atoms with van der Waals surface area (Å²) in [7, 11) is 0. The molecule has 0 aromatic rings. The number of piperidine rings is 1. The van der Waals surface area contributed by atoms with Crippen LogP contribution in [0.1, 0.15) is 52.4 Å². The number of thioether (sulfide) groups is 1. The number of likely N-dealkylation sites (tertiary alicyclic amines) is 1. The fourth-order valence-electron chi connectivity index (χ4n) is 3.94. The van der Waals surface area contributed by atoms with Crippen molar-refractivity contribution in [1.29, 1.82) is 0 Å². The third-order valence-electron chi connectivity index (χ3n) is 5.62. The predicted octanol–water partition coefficient (Wildman–Crippen LogP) is 3.41. The smallest absolute Gasteiger partial charge is 0.250 e. The summed E-state index contributed by atoms with van der Waals surface area (Å²) in [5.41, 5.74) is 1.47. The monoisotopic (exact) mass is 322 g/mol. The zero-order chi connectivity index (χ0) is 15.6. The molecule has 2 saturated heterocycles. The molecule has 0 aliphatic carbocycles. The molecule has 1 unspecified atom stereocenters. The first-order valence-corrected chi connectivity index (χ1v) is 9.84. The Morgan fingerprint density at radius 3 is 2.82 bits per heavy atom. The number of hydrogen-bond acceptors (Lipinski definition) is 3. The predicted molar refractivity (Wildman–Crippen MR) is 93.9 cm³/mol. The molecule has 0 saturated carbocycles. The highest BCUT2D eigenvalue weighted by Crippen LogP contribution is 2.39. The number of amides is 1. The van der Waals surface area contributed by atoms with Gasteiger partial charge in [-0.25, -0.2) is 0 Å². The van der Waals surface area contributed by atoms with Crippen LogP contribution in [0.3, 0.4) is 0 Å². The van der Waals surface area contributed by atoms with E-state index in [-0.39, 0.29) is 0 Å². The highest BCUT2D eigenvalue weighted by molar-refractivity contribution is 8.03. The van der Waals surface area contributed by atoms with E-state index in [1.165, 1.54) is 19.3 Å². The molecule has 0 radical (unpaired) electrons. The Morgan fingerprint density at radius 1 is 1.27 bits per heavy atom. The van der Waals surface area contributed by atoms with Gasteiger partial charge in [-0.2, -0.15) is 0 Å². The summed E-state index contributed by atoms with van der Waals surface area (Å²) in [6, 6.07) is 0. The second-order valence-electron chi connectivity index (χ2n) is 7.92. The Balaban J connectivity index is 1.54. The Morgan fingerprint density at radius 2 is 2.05 bits per heavy atom. The van der Waals surface area contributed by atoms with Crippen LogP contribution in [0, 0.1) is 11.3 Å². The van der Waals surface area contributed by atoms with Gasteiger partial charge in [-0.15, -0.1) is 11.8 Å². The van der Waals surface area contributed by atoms with E-state index >= 15 is 0 Å². The number of rotatable bonds is 2. The molecule has 3 nitrogen and oxygen atoms in total. The van der Waals surface area contributed by atoms with Gasteiger partial charge in [0.2, 0.25) is 5.91 Å². The Hall–Kier alpha value is -0.480. The van der Waals surface area contributed by atoms with Crippen molar-refractivity contribution in [2.45, 2.75) is 57.6 Å². The van der Waals surface area contributed by atoms with Crippen LogP contribution in [0.25, 0.3) is 0 Å². The van der Waals surface area contributed by atoms with Crippen molar-refractivity contribution in [3.63, 3.8) is 0 Å². The maximum absolute atomic E-state index is 12.8. The van der Waals surface area contributed by atoms with E-state index in [2.05, 4.69) is 29.5 Å². The van der Waals surface area contributed by atoms with E-state index in [1.54, 1.807) is 0 Å². The molecule has 1 amide bonds. The van der Waals surface area contributed by atoms with Gasteiger partial charge in [0.1, 0.15) is 0 Å². The summed E-state index contributed by atoms with van der Waals surface area (Å²) < 4.78 is 0. The van der Waals surface area contributed by atoms with E-state index in [0.29, 0.717) is 16.6 Å². The summed E-state index contributed by atoms with van der Waals surface area (Å²) in [6.07, 6.45) is 7.06. The molecule has 1 atom stereocenters. The molecule has 3 heterocycles. The minimum absolute atomic E-state index is 0.321. The maximum Gasteiger partial charge on any atom is 0.250 e. The quantitative estimate of drug-likeness (QED) is 0.845. The average Bonchev–Trinajstić information content (AvgIpc) is 2.93. The van der Waals surface area contributed by atoms with Crippen LogP contribution in [0.15, 0.2) is 11.0 Å². The van der Waals surface area contributed by atoms with E-state index in [9.17, 15) is 4.79 Å². The first-order chi connectivity index (χ1) is 10.6. The topological polar surface area (TPSA) is 32.3 Å². The SMILES string of the molecule is CC1(C)CCCN(C(=O)C2=CSC(C3CCNCC3)C2)CC1. The van der Waals surface area contributed by atoms with Gasteiger partial charge in [-0.05, 0) is 68.4 Å². The average molecular weight is 323 g/mol. The van der Waals surface area contributed by atoms with Crippen molar-refractivity contribution in [3.05, 3.63) is 11.0 Å². The second kappa shape index (κ2) is 6.96. The van der Waals surface area contributed by atoms with Gasteiger partial charge >= 0.3 is 0 Å². The highest BCUT2D eigenvalue weighted by Gasteiger charge is 2.33. The molecule has 0 bridgehead atoms. The molecule has 3 aliphatic rings. The molecule has 0 aromatic carbocycles. The molecule has 4 heteroatoms. The summed E-state index contributed by atoms with van der Waals surface area (Å²) in [4.78, 5) is 14.9. The fraction of sp³-hybridized carbons (Fsp3) is 0.833. The van der Waals surface area contributed by atoms with Crippen molar-refractivity contribution in [2.24, 2.45) is 11.3 Å². The Labute approximate surface area is 139 Å². The first-order valence-electron chi connectivity index (χ1n) is 8.90. The van der Waals surface area contributed by atoms with Gasteiger partial charge in [-0.3, -0.25) is 4.79 Å². The van der Waals surface area contributed by atoms with Crippen LogP contribution in [-0.4, -0.2) is 42.2 Å². The van der Waals surface area contributed by atoms with Crippen molar-refractivity contribution < 1.29 is 4.79 Å². The van der Waals surface area contributed by atoms with E-state index < -0.39 is 0 Å². The largest absolute Gasteiger partial charge is 0.339 e. The van der Waals surface area contributed by atoms with Crippen LogP contribution in [0.2, 0.25) is 0 Å². The fourth-order valence-corrected chi connectivity index (χ4v) is 5.25. The molecule has 2 fully saturated rings. The van der Waals surface area contributed by atoms with Crippen LogP contribution in [0.5, 0.6) is 0 Å². The molecule has 1 N–H and O–H groups in total. The van der Waals surface area contributed by atoms with Gasteiger partial charge in [-0.1, -0.05) is 13.8 Å². The number of hydrogen-bond donors (Lipinski definition) is 1. The molecule has 3 rings (SSSR count). The van der Waals surface area contributed by atoms with Crippen LogP contribution >= 0.6 is 11.8 Å². The Bertz CT molecular complexity index is 440. The maximum atomic E-state index is 12.8. The van der Waals surface area contributed by atoms with Crippen molar-refractivity contribution >= 4 is 17.7 Å². The van der Waals surface area contributed by atoms with Crippen molar-refractivity contribution in [2.75, 3.05) is 26.2 Å². The number of carbonyl (C=O) groups excluding carboxylic acids is 1. The molecular weight excluding hydrogens is 292 g/mol. The number of nitrogens with one attached hydrogen (secondary N) is 1. The van der Waals surface area contributed by atoms with Gasteiger partial charge in [0.25, 0.3) is 0 Å². The molecule has 22 heavy (non-hydrogen) atoms. The molecule has 124 valence electrons. The van der Waals surface area contributed by atoms with E-state index in [4.69, 9.17) is 0 Å². The lowest BCUT2D eigenvalue weighted by Crippen LogP contribution is -2.35. The summed E-state index contributed by atoms with van der Waals surface area (Å²) in [5, 5.41) is 6.25. The number of nitrogens with zero attached hydrogens (tertiary/aromatic N) is 1. The normalized spacial score (nSPS) is 30.0. The summed E-state index contributed by atoms with van der Waals surface area (Å²) in [5.74, 6) is 1.11. The standard InChI is InChI=1S/C18H30N2OS/c1-18(2)6-3-10-20(11-7-18)17(21)15-12-16(22-13-15)14-4-8-19-9-5-14/h13-14,16,19H,3-12H2,1-2H3. The third kappa shape index (κ3) is 3.88. The zero-order valence-electron chi connectivity index (χ0n) is 14.1. The molecule has 0 spiro atoms. The minimum Gasteiger partial charge on any atom is -0.339 e. The molecule has 0 aromatic heterocycles. The minimum atomic E-state index is 0.321. The number of carbonyl (C=O) groups is 1. The van der Waals surface area contributed by atoms with E-state index in [1.807, 2.05) is 11.8 Å². The lowest BCUT2D eigenvalue weighted by atomic mass is 9.85. The van der Waals surface area contributed by atoms with Crippen LogP contribution in [-0.2, 0) is 4.79 Å². The molecule has 3 aliphatic heterocycles.